The molecule has 0 aliphatic heterocycles. The van der Waals surface area contributed by atoms with Crippen molar-refractivity contribution in [3.63, 3.8) is 0 Å². The monoisotopic (exact) mass is 582 g/mol. The van der Waals surface area contributed by atoms with Crippen molar-refractivity contribution in [2.45, 2.75) is 141 Å². The van der Waals surface area contributed by atoms with Crippen LogP contribution in [0.3, 0.4) is 0 Å². The molecule has 3 N–H and O–H groups in total. The van der Waals surface area contributed by atoms with Gasteiger partial charge in [0, 0.05) is 6.42 Å². The van der Waals surface area contributed by atoms with Crippen LogP contribution in [0, 0.1) is 20.8 Å². The lowest BCUT2D eigenvalue weighted by Gasteiger charge is -2.25. The molecule has 3 aromatic carbocycles. The zero-order valence-corrected chi connectivity index (χ0v) is 26.9. The van der Waals surface area contributed by atoms with Gasteiger partial charge in [-0.3, -0.25) is 0 Å². The summed E-state index contributed by atoms with van der Waals surface area (Å²) in [6, 6.07) is 14.5. The number of hydrogen-bond donors (Lipinski definition) is 3. The number of aryl methyl sites for hydroxylation is 3. The van der Waals surface area contributed by atoms with Gasteiger partial charge in [0.05, 0.1) is 0 Å². The van der Waals surface area contributed by atoms with Gasteiger partial charge < -0.3 is 15.3 Å². The Balaban J connectivity index is 0.000000220. The van der Waals surface area contributed by atoms with E-state index in [2.05, 4.69) is 51.1 Å². The molecule has 0 amide bonds. The minimum Gasteiger partial charge on any atom is -0.508 e. The predicted octanol–water partition coefficient (Wildman–Crippen LogP) is 11.1. The second-order valence-corrected chi connectivity index (χ2v) is 14.0. The Morgan fingerprint density at radius 2 is 0.837 bits per heavy atom. The largest absolute Gasteiger partial charge is 0.508 e. The van der Waals surface area contributed by atoms with Gasteiger partial charge in [0.25, 0.3) is 0 Å². The van der Waals surface area contributed by atoms with Crippen LogP contribution >= 0.6 is 0 Å². The molecule has 3 aromatic rings. The summed E-state index contributed by atoms with van der Waals surface area (Å²) in [6.07, 6.45) is 19.5. The zero-order valence-electron chi connectivity index (χ0n) is 26.9. The summed E-state index contributed by atoms with van der Waals surface area (Å²) in [7, 11) is 0. The number of rotatable bonds is 5. The van der Waals surface area contributed by atoms with Gasteiger partial charge in [-0.2, -0.15) is 0 Å². The Bertz CT molecular complexity index is 1280. The second-order valence-electron chi connectivity index (χ2n) is 14.0. The first kappa shape index (κ1) is 31.5. The fourth-order valence-electron chi connectivity index (χ4n) is 8.11. The van der Waals surface area contributed by atoms with E-state index in [9.17, 15) is 15.3 Å². The van der Waals surface area contributed by atoms with Crippen LogP contribution < -0.4 is 0 Å². The number of aromatic hydroxyl groups is 3. The number of benzene rings is 3. The van der Waals surface area contributed by atoms with Gasteiger partial charge >= 0.3 is 0 Å². The lowest BCUT2D eigenvalue weighted by Crippen LogP contribution is -2.07. The zero-order chi connectivity index (χ0) is 30.3. The van der Waals surface area contributed by atoms with Crippen LogP contribution in [0.25, 0.3) is 0 Å². The molecule has 0 heterocycles. The van der Waals surface area contributed by atoms with E-state index in [4.69, 9.17) is 0 Å². The summed E-state index contributed by atoms with van der Waals surface area (Å²) in [5.41, 5.74) is 9.00. The highest BCUT2D eigenvalue weighted by atomic mass is 16.3. The molecule has 0 atom stereocenters. The Kier molecular flexibility index (Phi) is 10.8. The molecule has 3 fully saturated rings. The SMILES string of the molecule is Cc1cc(Cc2cc(C)cc(C3CCCCC3)c2O)c(O)c(C2CCCCC2)c1.Cc1ccc(O)c(C2CCCCC2)c1. The van der Waals surface area contributed by atoms with Crippen molar-refractivity contribution in [3.05, 3.63) is 87.0 Å². The fourth-order valence-corrected chi connectivity index (χ4v) is 8.11. The lowest BCUT2D eigenvalue weighted by atomic mass is 9.81. The molecular formula is C40H54O3. The molecule has 0 bridgehead atoms. The minimum atomic E-state index is 0.461. The average molecular weight is 583 g/mol. The van der Waals surface area contributed by atoms with E-state index in [0.29, 0.717) is 41.4 Å². The van der Waals surface area contributed by atoms with Crippen molar-refractivity contribution in [1.29, 1.82) is 0 Å². The van der Waals surface area contributed by atoms with Crippen molar-refractivity contribution in [3.8, 4) is 17.2 Å². The van der Waals surface area contributed by atoms with E-state index in [0.717, 1.165) is 22.3 Å². The Labute approximate surface area is 260 Å². The van der Waals surface area contributed by atoms with Crippen molar-refractivity contribution < 1.29 is 15.3 Å². The third-order valence-corrected chi connectivity index (χ3v) is 10.4. The summed E-state index contributed by atoms with van der Waals surface area (Å²) in [5, 5.41) is 32.0. The molecule has 0 radical (unpaired) electrons. The van der Waals surface area contributed by atoms with Gasteiger partial charge in [-0.1, -0.05) is 111 Å². The molecule has 43 heavy (non-hydrogen) atoms. The molecule has 3 heteroatoms. The minimum absolute atomic E-state index is 0.461. The smallest absolute Gasteiger partial charge is 0.122 e. The summed E-state index contributed by atoms with van der Waals surface area (Å²) >= 11 is 0. The van der Waals surface area contributed by atoms with E-state index >= 15 is 0 Å². The normalized spacial score (nSPS) is 18.7. The van der Waals surface area contributed by atoms with Gasteiger partial charge in [0.15, 0.2) is 0 Å². The molecular weight excluding hydrogens is 528 g/mol. The Hall–Kier alpha value is -2.94. The highest BCUT2D eigenvalue weighted by Crippen LogP contribution is 2.43. The third-order valence-electron chi connectivity index (χ3n) is 10.4. The molecule has 0 saturated heterocycles. The van der Waals surface area contributed by atoms with Crippen molar-refractivity contribution >= 4 is 0 Å². The molecule has 0 spiro atoms. The van der Waals surface area contributed by atoms with Crippen LogP contribution in [0.5, 0.6) is 17.2 Å². The van der Waals surface area contributed by atoms with E-state index in [1.807, 2.05) is 12.1 Å². The maximum atomic E-state index is 11.1. The average Bonchev–Trinajstić information content (AvgIpc) is 3.03. The van der Waals surface area contributed by atoms with Crippen LogP contribution in [0.4, 0.5) is 0 Å². The highest BCUT2D eigenvalue weighted by Gasteiger charge is 2.24. The highest BCUT2D eigenvalue weighted by molar-refractivity contribution is 5.52. The van der Waals surface area contributed by atoms with E-state index in [-0.39, 0.29) is 0 Å². The van der Waals surface area contributed by atoms with Gasteiger partial charge in [0.2, 0.25) is 0 Å². The quantitative estimate of drug-likeness (QED) is 0.280. The van der Waals surface area contributed by atoms with E-state index in [1.165, 1.54) is 119 Å². The van der Waals surface area contributed by atoms with Crippen LogP contribution in [-0.4, -0.2) is 15.3 Å². The van der Waals surface area contributed by atoms with Gasteiger partial charge in [0.1, 0.15) is 17.2 Å². The summed E-state index contributed by atoms with van der Waals surface area (Å²) in [6.45, 7) is 6.34. The molecule has 3 nitrogen and oxygen atoms in total. The predicted molar refractivity (Wildman–Crippen MR) is 179 cm³/mol. The fraction of sp³-hybridized carbons (Fsp3) is 0.550. The van der Waals surface area contributed by atoms with Crippen molar-refractivity contribution in [2.75, 3.05) is 0 Å². The summed E-state index contributed by atoms with van der Waals surface area (Å²) in [5.74, 6) is 2.97. The van der Waals surface area contributed by atoms with E-state index in [1.54, 1.807) is 0 Å². The molecule has 6 rings (SSSR count). The Morgan fingerprint density at radius 1 is 0.465 bits per heavy atom. The van der Waals surface area contributed by atoms with Gasteiger partial charge in [-0.05, 0) is 111 Å². The third kappa shape index (κ3) is 7.97. The van der Waals surface area contributed by atoms with Gasteiger partial charge in [-0.25, -0.2) is 0 Å². The molecule has 3 aliphatic rings. The standard InChI is InChI=1S/C27H36O2.C13H18O/c1-18-13-22(26(28)24(15-18)20-9-5-3-6-10-20)17-23-14-19(2)16-25(27(23)29)21-11-7-4-8-12-21;1-10-7-8-13(14)12(9-10)11-5-3-2-4-6-11/h13-16,20-21,28-29H,3-12,17H2,1-2H3;7-9,11,14H,2-6H2,1H3. The Morgan fingerprint density at radius 3 is 1.26 bits per heavy atom. The first-order valence-electron chi connectivity index (χ1n) is 17.2. The summed E-state index contributed by atoms with van der Waals surface area (Å²) in [4.78, 5) is 0. The molecule has 0 unspecified atom stereocenters. The lowest BCUT2D eigenvalue weighted by molar-refractivity contribution is 0.408. The van der Waals surface area contributed by atoms with Gasteiger partial charge in [-0.15, -0.1) is 0 Å². The van der Waals surface area contributed by atoms with Crippen molar-refractivity contribution in [1.82, 2.24) is 0 Å². The molecule has 3 saturated carbocycles. The number of phenols is 3. The first-order chi connectivity index (χ1) is 20.8. The maximum Gasteiger partial charge on any atom is 0.122 e. The van der Waals surface area contributed by atoms with Crippen LogP contribution in [-0.2, 0) is 6.42 Å². The molecule has 3 aliphatic carbocycles. The second kappa shape index (κ2) is 14.7. The number of phenolic OH excluding ortho intramolecular Hbond substituents is 3. The van der Waals surface area contributed by atoms with Crippen LogP contribution in [0.2, 0.25) is 0 Å². The van der Waals surface area contributed by atoms with Crippen LogP contribution in [0.15, 0.2) is 42.5 Å². The van der Waals surface area contributed by atoms with Crippen molar-refractivity contribution in [2.24, 2.45) is 0 Å². The first-order valence-corrected chi connectivity index (χ1v) is 17.2. The molecule has 0 aromatic heterocycles. The summed E-state index contributed by atoms with van der Waals surface area (Å²) < 4.78 is 0. The maximum absolute atomic E-state index is 11.1. The van der Waals surface area contributed by atoms with E-state index < -0.39 is 0 Å². The number of hydrogen-bond acceptors (Lipinski definition) is 3. The van der Waals surface area contributed by atoms with Crippen LogP contribution in [0.1, 0.15) is 159 Å². The topological polar surface area (TPSA) is 60.7 Å². The molecule has 232 valence electrons.